The lowest BCUT2D eigenvalue weighted by Crippen LogP contribution is -2.29. The zero-order chi connectivity index (χ0) is 17.6. The molecule has 130 valence electrons. The zero-order valence-electron chi connectivity index (χ0n) is 13.8. The molecule has 0 bridgehead atoms. The molecular formula is C19H18ClNO4. The summed E-state index contributed by atoms with van der Waals surface area (Å²) >= 11 is 5.82. The molecule has 1 aliphatic heterocycles. The van der Waals surface area contributed by atoms with Crippen LogP contribution in [0.2, 0.25) is 5.02 Å². The van der Waals surface area contributed by atoms with Crippen molar-refractivity contribution in [3.63, 3.8) is 0 Å². The van der Waals surface area contributed by atoms with E-state index >= 15 is 0 Å². The number of hydrogen-bond donors (Lipinski definition) is 0. The van der Waals surface area contributed by atoms with Crippen LogP contribution in [0.4, 0.5) is 0 Å². The van der Waals surface area contributed by atoms with Gasteiger partial charge in [0.1, 0.15) is 12.4 Å². The van der Waals surface area contributed by atoms with Crippen LogP contribution in [0, 0.1) is 0 Å². The third-order valence-electron chi connectivity index (χ3n) is 3.70. The third-order valence-corrected chi connectivity index (χ3v) is 3.95. The van der Waals surface area contributed by atoms with Crippen molar-refractivity contribution in [1.82, 2.24) is 4.90 Å². The SMILES string of the molecule is CN(CCOc1ccc(Cl)cc1)C(=O)/C=C/c1ccc2c(c1)OCO2. The summed E-state index contributed by atoms with van der Waals surface area (Å²) in [4.78, 5) is 13.7. The van der Waals surface area contributed by atoms with Gasteiger partial charge < -0.3 is 19.1 Å². The van der Waals surface area contributed by atoms with Gasteiger partial charge in [-0.05, 0) is 48.0 Å². The zero-order valence-corrected chi connectivity index (χ0v) is 14.5. The van der Waals surface area contributed by atoms with Crippen molar-refractivity contribution in [1.29, 1.82) is 0 Å². The van der Waals surface area contributed by atoms with E-state index in [0.29, 0.717) is 23.9 Å². The summed E-state index contributed by atoms with van der Waals surface area (Å²) < 4.78 is 16.2. The largest absolute Gasteiger partial charge is 0.492 e. The van der Waals surface area contributed by atoms with Crippen molar-refractivity contribution in [2.75, 3.05) is 27.0 Å². The average Bonchev–Trinajstić information content (AvgIpc) is 3.09. The molecular weight excluding hydrogens is 342 g/mol. The van der Waals surface area contributed by atoms with Crippen molar-refractivity contribution in [3.05, 3.63) is 59.1 Å². The fraction of sp³-hybridized carbons (Fsp3) is 0.211. The molecule has 1 aliphatic rings. The van der Waals surface area contributed by atoms with Gasteiger partial charge in [0.25, 0.3) is 0 Å². The van der Waals surface area contributed by atoms with Gasteiger partial charge in [0.05, 0.1) is 6.54 Å². The Bertz CT molecular complexity index is 773. The van der Waals surface area contributed by atoms with Gasteiger partial charge in [-0.2, -0.15) is 0 Å². The van der Waals surface area contributed by atoms with E-state index in [1.807, 2.05) is 18.2 Å². The van der Waals surface area contributed by atoms with Gasteiger partial charge in [-0.1, -0.05) is 17.7 Å². The molecule has 0 spiro atoms. The Morgan fingerprint density at radius 2 is 1.96 bits per heavy atom. The lowest BCUT2D eigenvalue weighted by Gasteiger charge is -2.15. The first-order valence-electron chi connectivity index (χ1n) is 7.83. The Morgan fingerprint density at radius 1 is 1.20 bits per heavy atom. The fourth-order valence-corrected chi connectivity index (χ4v) is 2.38. The number of halogens is 1. The second-order valence-corrected chi connectivity index (χ2v) is 5.94. The van der Waals surface area contributed by atoms with E-state index in [0.717, 1.165) is 17.1 Å². The highest BCUT2D eigenvalue weighted by Gasteiger charge is 2.12. The third kappa shape index (κ3) is 4.67. The van der Waals surface area contributed by atoms with Crippen LogP contribution >= 0.6 is 11.6 Å². The molecule has 0 saturated carbocycles. The van der Waals surface area contributed by atoms with E-state index in [1.54, 1.807) is 42.3 Å². The standard InChI is InChI=1S/C19H18ClNO4/c1-21(10-11-23-16-6-4-15(20)5-7-16)19(22)9-3-14-2-8-17-18(12-14)25-13-24-17/h2-9,12H,10-11,13H2,1H3/b9-3+. The Hall–Kier alpha value is -2.66. The predicted octanol–water partition coefficient (Wildman–Crippen LogP) is 3.62. The monoisotopic (exact) mass is 359 g/mol. The molecule has 2 aromatic carbocycles. The number of benzene rings is 2. The molecule has 5 nitrogen and oxygen atoms in total. The van der Waals surface area contributed by atoms with Crippen LogP contribution in [-0.4, -0.2) is 37.8 Å². The summed E-state index contributed by atoms with van der Waals surface area (Å²) in [6.45, 7) is 1.12. The number of carbonyl (C=O) groups excluding carboxylic acids is 1. The van der Waals surface area contributed by atoms with E-state index in [9.17, 15) is 4.79 Å². The summed E-state index contributed by atoms with van der Waals surface area (Å²) in [5.74, 6) is 2.04. The van der Waals surface area contributed by atoms with Gasteiger partial charge in [-0.15, -0.1) is 0 Å². The molecule has 0 saturated heterocycles. The molecule has 0 atom stereocenters. The van der Waals surface area contributed by atoms with Gasteiger partial charge in [0.2, 0.25) is 12.7 Å². The molecule has 0 fully saturated rings. The predicted molar refractivity (Wildman–Crippen MR) is 96.2 cm³/mol. The first kappa shape index (κ1) is 17.2. The summed E-state index contributed by atoms with van der Waals surface area (Å²) in [6.07, 6.45) is 3.28. The topological polar surface area (TPSA) is 48.0 Å². The minimum Gasteiger partial charge on any atom is -0.492 e. The smallest absolute Gasteiger partial charge is 0.246 e. The van der Waals surface area contributed by atoms with Gasteiger partial charge >= 0.3 is 0 Å². The summed E-state index contributed by atoms with van der Waals surface area (Å²) in [6, 6.07) is 12.7. The molecule has 0 unspecified atom stereocenters. The maximum absolute atomic E-state index is 12.1. The van der Waals surface area contributed by atoms with Crippen LogP contribution in [0.1, 0.15) is 5.56 Å². The van der Waals surface area contributed by atoms with Gasteiger partial charge in [0.15, 0.2) is 11.5 Å². The number of amides is 1. The Kier molecular flexibility index (Phi) is 5.46. The number of nitrogens with zero attached hydrogens (tertiary/aromatic N) is 1. The summed E-state index contributed by atoms with van der Waals surface area (Å²) in [7, 11) is 1.73. The minimum absolute atomic E-state index is 0.0997. The molecule has 0 aliphatic carbocycles. The second kappa shape index (κ2) is 7.94. The normalized spacial score (nSPS) is 12.4. The first-order chi connectivity index (χ1) is 12.1. The van der Waals surface area contributed by atoms with Crippen molar-refractivity contribution >= 4 is 23.6 Å². The fourth-order valence-electron chi connectivity index (χ4n) is 2.25. The maximum Gasteiger partial charge on any atom is 0.246 e. The number of likely N-dealkylation sites (N-methyl/N-ethyl adjacent to an activating group) is 1. The molecule has 0 N–H and O–H groups in total. The van der Waals surface area contributed by atoms with Crippen molar-refractivity contribution in [2.24, 2.45) is 0 Å². The van der Waals surface area contributed by atoms with Crippen LogP contribution in [0.5, 0.6) is 17.2 Å². The number of ether oxygens (including phenoxy) is 3. The van der Waals surface area contributed by atoms with Gasteiger partial charge in [-0.25, -0.2) is 0 Å². The van der Waals surface area contributed by atoms with E-state index in [2.05, 4.69) is 0 Å². The molecule has 0 radical (unpaired) electrons. The average molecular weight is 360 g/mol. The first-order valence-corrected chi connectivity index (χ1v) is 8.21. The van der Waals surface area contributed by atoms with E-state index in [-0.39, 0.29) is 12.7 Å². The van der Waals surface area contributed by atoms with Gasteiger partial charge in [-0.3, -0.25) is 4.79 Å². The highest BCUT2D eigenvalue weighted by molar-refractivity contribution is 6.30. The quantitative estimate of drug-likeness (QED) is 0.739. The molecule has 3 rings (SSSR count). The second-order valence-electron chi connectivity index (χ2n) is 5.51. The van der Waals surface area contributed by atoms with Crippen LogP contribution < -0.4 is 14.2 Å². The summed E-state index contributed by atoms with van der Waals surface area (Å²) in [5, 5.41) is 0.660. The lowest BCUT2D eigenvalue weighted by atomic mass is 10.2. The van der Waals surface area contributed by atoms with Crippen molar-refractivity contribution in [3.8, 4) is 17.2 Å². The number of hydrogen-bond acceptors (Lipinski definition) is 4. The van der Waals surface area contributed by atoms with Gasteiger partial charge in [0, 0.05) is 18.1 Å². The van der Waals surface area contributed by atoms with Crippen LogP contribution in [0.15, 0.2) is 48.5 Å². The summed E-state index contributed by atoms with van der Waals surface area (Å²) in [5.41, 5.74) is 0.878. The Morgan fingerprint density at radius 3 is 2.76 bits per heavy atom. The lowest BCUT2D eigenvalue weighted by molar-refractivity contribution is -0.125. The van der Waals surface area contributed by atoms with E-state index in [1.165, 1.54) is 6.08 Å². The van der Waals surface area contributed by atoms with Crippen molar-refractivity contribution in [2.45, 2.75) is 0 Å². The van der Waals surface area contributed by atoms with Crippen LogP contribution in [0.3, 0.4) is 0 Å². The van der Waals surface area contributed by atoms with Crippen LogP contribution in [-0.2, 0) is 4.79 Å². The maximum atomic E-state index is 12.1. The highest BCUT2D eigenvalue weighted by atomic mass is 35.5. The number of carbonyl (C=O) groups is 1. The van der Waals surface area contributed by atoms with E-state index in [4.69, 9.17) is 25.8 Å². The van der Waals surface area contributed by atoms with Crippen molar-refractivity contribution < 1.29 is 19.0 Å². The molecule has 0 aromatic heterocycles. The van der Waals surface area contributed by atoms with Crippen LogP contribution in [0.25, 0.3) is 6.08 Å². The minimum atomic E-state index is -0.0997. The molecule has 1 heterocycles. The van der Waals surface area contributed by atoms with E-state index < -0.39 is 0 Å². The molecule has 25 heavy (non-hydrogen) atoms. The number of fused-ring (bicyclic) bond motifs is 1. The molecule has 1 amide bonds. The molecule has 2 aromatic rings. The Balaban J connectivity index is 1.47. The number of rotatable bonds is 6. The molecule has 6 heteroatoms. The highest BCUT2D eigenvalue weighted by Crippen LogP contribution is 2.32. The Labute approximate surface area is 151 Å².